The van der Waals surface area contributed by atoms with Gasteiger partial charge in [0.15, 0.2) is 0 Å². The highest BCUT2D eigenvalue weighted by molar-refractivity contribution is 6.35. The molecule has 1 aromatic carbocycles. The Morgan fingerprint density at radius 2 is 2.06 bits per heavy atom. The maximum atomic E-state index is 6.18. The second-order valence-electron chi connectivity index (χ2n) is 4.58. The maximum absolute atomic E-state index is 6.18. The summed E-state index contributed by atoms with van der Waals surface area (Å²) in [7, 11) is 1.76. The number of nitrogens with one attached hydrogen (secondary N) is 1. The predicted octanol–water partition coefficient (Wildman–Crippen LogP) is 3.82. The Kier molecular flexibility index (Phi) is 4.31. The molecule has 0 saturated heterocycles. The molecule has 4 heteroatoms. The first kappa shape index (κ1) is 13.2. The van der Waals surface area contributed by atoms with Gasteiger partial charge in [0.05, 0.1) is 6.10 Å². The summed E-state index contributed by atoms with van der Waals surface area (Å²) >= 11 is 12.1. The molecule has 1 N–H and O–H groups in total. The number of hydrogen-bond acceptors (Lipinski definition) is 2. The zero-order valence-electron chi connectivity index (χ0n) is 10.0. The molecular weight excluding hydrogens is 257 g/mol. The second-order valence-corrected chi connectivity index (χ2v) is 5.42. The quantitative estimate of drug-likeness (QED) is 0.901. The summed E-state index contributed by atoms with van der Waals surface area (Å²) in [6, 6.07) is 6.41. The molecule has 1 saturated carbocycles. The van der Waals surface area contributed by atoms with Crippen molar-refractivity contribution in [2.75, 3.05) is 7.11 Å². The largest absolute Gasteiger partial charge is 0.381 e. The van der Waals surface area contributed by atoms with Crippen molar-refractivity contribution in [3.05, 3.63) is 33.8 Å². The number of hydrogen-bond donors (Lipinski definition) is 1. The van der Waals surface area contributed by atoms with E-state index in [1.165, 1.54) is 0 Å². The minimum atomic E-state index is 0.238. The lowest BCUT2D eigenvalue weighted by Gasteiger charge is -2.37. The summed E-state index contributed by atoms with van der Waals surface area (Å²) in [6.07, 6.45) is 2.57. The van der Waals surface area contributed by atoms with E-state index in [2.05, 4.69) is 12.2 Å². The van der Waals surface area contributed by atoms with Crippen molar-refractivity contribution in [1.29, 1.82) is 0 Å². The van der Waals surface area contributed by atoms with Gasteiger partial charge in [-0.3, -0.25) is 0 Å². The topological polar surface area (TPSA) is 21.3 Å². The van der Waals surface area contributed by atoms with Gasteiger partial charge in [0.2, 0.25) is 0 Å². The Bertz CT molecular complexity index is 391. The zero-order valence-corrected chi connectivity index (χ0v) is 11.6. The van der Waals surface area contributed by atoms with Crippen LogP contribution < -0.4 is 5.32 Å². The third kappa shape index (κ3) is 3.14. The van der Waals surface area contributed by atoms with Crippen molar-refractivity contribution in [3.8, 4) is 0 Å². The summed E-state index contributed by atoms with van der Waals surface area (Å²) in [5.41, 5.74) is 1.09. The molecule has 1 fully saturated rings. The molecule has 1 aliphatic carbocycles. The van der Waals surface area contributed by atoms with Gasteiger partial charge in [0, 0.05) is 29.2 Å². The fourth-order valence-electron chi connectivity index (χ4n) is 2.19. The van der Waals surface area contributed by atoms with Gasteiger partial charge in [-0.05, 0) is 37.5 Å². The van der Waals surface area contributed by atoms with Gasteiger partial charge < -0.3 is 10.1 Å². The molecule has 0 bridgehead atoms. The maximum Gasteiger partial charge on any atom is 0.0601 e. The van der Waals surface area contributed by atoms with Crippen LogP contribution in [0.2, 0.25) is 10.0 Å². The average molecular weight is 274 g/mol. The van der Waals surface area contributed by atoms with Crippen molar-refractivity contribution >= 4 is 23.2 Å². The molecule has 0 radical (unpaired) electrons. The number of methoxy groups -OCH3 is 1. The fourth-order valence-corrected chi connectivity index (χ4v) is 2.76. The standard InChI is InChI=1S/C13H17Cl2NO/c1-8(16-10-6-11(7-10)17-2)12-4-3-9(14)5-13(12)15/h3-5,8,10-11,16H,6-7H2,1-2H3. The molecule has 2 nitrogen and oxygen atoms in total. The molecule has 1 aromatic rings. The van der Waals surface area contributed by atoms with Crippen molar-refractivity contribution in [2.24, 2.45) is 0 Å². The third-order valence-electron chi connectivity index (χ3n) is 3.34. The van der Waals surface area contributed by atoms with Gasteiger partial charge in [-0.25, -0.2) is 0 Å². The second kappa shape index (κ2) is 5.57. The molecule has 1 unspecified atom stereocenters. The van der Waals surface area contributed by atoms with Crippen LogP contribution in [-0.2, 0) is 4.74 Å². The van der Waals surface area contributed by atoms with Crippen LogP contribution in [0.15, 0.2) is 18.2 Å². The first-order valence-electron chi connectivity index (χ1n) is 5.84. The van der Waals surface area contributed by atoms with Crippen molar-refractivity contribution in [1.82, 2.24) is 5.32 Å². The van der Waals surface area contributed by atoms with Crippen molar-refractivity contribution in [3.63, 3.8) is 0 Å². The minimum Gasteiger partial charge on any atom is -0.381 e. The Morgan fingerprint density at radius 3 is 2.65 bits per heavy atom. The summed E-state index contributed by atoms with van der Waals surface area (Å²) in [6.45, 7) is 2.12. The van der Waals surface area contributed by atoms with Crippen molar-refractivity contribution < 1.29 is 4.74 Å². The molecule has 2 rings (SSSR count). The first-order chi connectivity index (χ1) is 8.10. The lowest BCUT2D eigenvalue weighted by atomic mass is 9.88. The SMILES string of the molecule is COC1CC(NC(C)c2ccc(Cl)cc2Cl)C1. The molecule has 0 heterocycles. The fraction of sp³-hybridized carbons (Fsp3) is 0.538. The number of rotatable bonds is 4. The van der Waals surface area contributed by atoms with E-state index in [1.807, 2.05) is 12.1 Å². The third-order valence-corrected chi connectivity index (χ3v) is 3.91. The van der Waals surface area contributed by atoms with Crippen molar-refractivity contribution in [2.45, 2.75) is 38.0 Å². The summed E-state index contributed by atoms with van der Waals surface area (Å²) < 4.78 is 5.26. The molecule has 1 aliphatic rings. The molecule has 0 aliphatic heterocycles. The summed E-state index contributed by atoms with van der Waals surface area (Å²) in [5, 5.41) is 4.95. The lowest BCUT2D eigenvalue weighted by Crippen LogP contribution is -2.45. The monoisotopic (exact) mass is 273 g/mol. The van der Waals surface area contributed by atoms with Gasteiger partial charge >= 0.3 is 0 Å². The van der Waals surface area contributed by atoms with Crippen LogP contribution >= 0.6 is 23.2 Å². The highest BCUT2D eigenvalue weighted by Crippen LogP contribution is 2.29. The van der Waals surface area contributed by atoms with Crippen LogP contribution in [0.5, 0.6) is 0 Å². The molecule has 94 valence electrons. The van der Waals surface area contributed by atoms with E-state index in [1.54, 1.807) is 13.2 Å². The molecular formula is C13H17Cl2NO. The Morgan fingerprint density at radius 1 is 1.35 bits per heavy atom. The minimum absolute atomic E-state index is 0.238. The van der Waals surface area contributed by atoms with E-state index in [0.29, 0.717) is 17.2 Å². The highest BCUT2D eigenvalue weighted by Gasteiger charge is 2.30. The Hall–Kier alpha value is -0.280. The van der Waals surface area contributed by atoms with Crippen LogP contribution in [-0.4, -0.2) is 19.3 Å². The van der Waals surface area contributed by atoms with E-state index >= 15 is 0 Å². The summed E-state index contributed by atoms with van der Waals surface area (Å²) in [5.74, 6) is 0. The molecule has 1 atom stereocenters. The smallest absolute Gasteiger partial charge is 0.0601 e. The van der Waals surface area contributed by atoms with Gasteiger partial charge in [-0.15, -0.1) is 0 Å². The average Bonchev–Trinajstić information content (AvgIpc) is 2.22. The number of ether oxygens (including phenoxy) is 1. The van der Waals surface area contributed by atoms with Crippen LogP contribution in [0.3, 0.4) is 0 Å². The van der Waals surface area contributed by atoms with E-state index in [4.69, 9.17) is 27.9 Å². The summed E-state index contributed by atoms with van der Waals surface area (Å²) in [4.78, 5) is 0. The Balaban J connectivity index is 1.93. The van der Waals surface area contributed by atoms with E-state index in [9.17, 15) is 0 Å². The lowest BCUT2D eigenvalue weighted by molar-refractivity contribution is 0.0147. The van der Waals surface area contributed by atoms with E-state index in [-0.39, 0.29) is 6.04 Å². The zero-order chi connectivity index (χ0) is 12.4. The molecule has 0 amide bonds. The van der Waals surface area contributed by atoms with Gasteiger partial charge in [-0.1, -0.05) is 29.3 Å². The van der Waals surface area contributed by atoms with Gasteiger partial charge in [-0.2, -0.15) is 0 Å². The highest BCUT2D eigenvalue weighted by atomic mass is 35.5. The van der Waals surface area contributed by atoms with Crippen LogP contribution in [0, 0.1) is 0 Å². The van der Waals surface area contributed by atoms with Crippen LogP contribution in [0.4, 0.5) is 0 Å². The van der Waals surface area contributed by atoms with Crippen LogP contribution in [0.1, 0.15) is 31.4 Å². The number of benzene rings is 1. The van der Waals surface area contributed by atoms with Crippen LogP contribution in [0.25, 0.3) is 0 Å². The normalized spacial score (nSPS) is 25.4. The van der Waals surface area contributed by atoms with Gasteiger partial charge in [0.25, 0.3) is 0 Å². The van der Waals surface area contributed by atoms with Gasteiger partial charge in [0.1, 0.15) is 0 Å². The first-order valence-corrected chi connectivity index (χ1v) is 6.59. The molecule has 0 aromatic heterocycles. The predicted molar refractivity (Wildman–Crippen MR) is 71.8 cm³/mol. The molecule has 17 heavy (non-hydrogen) atoms. The Labute approximate surface area is 112 Å². The van der Waals surface area contributed by atoms with E-state index < -0.39 is 0 Å². The van der Waals surface area contributed by atoms with E-state index in [0.717, 1.165) is 23.4 Å². The molecule has 0 spiro atoms. The number of halogens is 2.